The number of urea groups is 1. The number of nitrogens with one attached hydrogen (secondary N) is 2. The fraction of sp³-hybridized carbons (Fsp3) is 0.471. The van der Waals surface area contributed by atoms with Crippen LogP contribution in [0.5, 0.6) is 0 Å². The van der Waals surface area contributed by atoms with E-state index in [2.05, 4.69) is 20.7 Å². The lowest BCUT2D eigenvalue weighted by atomic mass is 9.93. The number of hydrogen-bond donors (Lipinski definition) is 3. The van der Waals surface area contributed by atoms with Gasteiger partial charge < -0.3 is 15.7 Å². The monoisotopic (exact) mass is 331 g/mol. The number of aromatic nitrogens is 3. The van der Waals surface area contributed by atoms with E-state index in [9.17, 15) is 9.90 Å². The first-order valence-electron chi connectivity index (χ1n) is 8.02. The Kier molecular flexibility index (Phi) is 5.92. The summed E-state index contributed by atoms with van der Waals surface area (Å²) in [6, 6.07) is 9.09. The lowest BCUT2D eigenvalue weighted by molar-refractivity contribution is 0.0165. The van der Waals surface area contributed by atoms with Gasteiger partial charge in [-0.1, -0.05) is 44.2 Å². The van der Waals surface area contributed by atoms with Gasteiger partial charge in [-0.15, -0.1) is 0 Å². The maximum absolute atomic E-state index is 12.2. The van der Waals surface area contributed by atoms with Crippen LogP contribution in [0.4, 0.5) is 4.79 Å². The minimum absolute atomic E-state index is 0.0397. The number of aliphatic hydroxyl groups is 1. The number of rotatable bonds is 7. The smallest absolute Gasteiger partial charge is 0.315 e. The van der Waals surface area contributed by atoms with Crippen molar-refractivity contribution in [3.8, 4) is 0 Å². The van der Waals surface area contributed by atoms with Crippen LogP contribution in [0.15, 0.2) is 43.0 Å². The molecule has 0 saturated heterocycles. The Balaban J connectivity index is 2.01. The summed E-state index contributed by atoms with van der Waals surface area (Å²) in [6.07, 6.45) is 3.07. The van der Waals surface area contributed by atoms with Crippen LogP contribution in [0, 0.1) is 5.92 Å². The molecule has 2 rings (SSSR count). The second-order valence-electron chi connectivity index (χ2n) is 6.42. The van der Waals surface area contributed by atoms with Gasteiger partial charge in [0.25, 0.3) is 0 Å². The van der Waals surface area contributed by atoms with Gasteiger partial charge in [0, 0.05) is 6.54 Å². The molecule has 3 N–H and O–H groups in total. The highest BCUT2D eigenvalue weighted by Crippen LogP contribution is 2.16. The van der Waals surface area contributed by atoms with Gasteiger partial charge in [0.05, 0.1) is 18.2 Å². The third kappa shape index (κ3) is 5.06. The molecular weight excluding hydrogens is 306 g/mol. The number of carbonyl (C=O) groups is 1. The number of hydrogen-bond acceptors (Lipinski definition) is 4. The van der Waals surface area contributed by atoms with E-state index in [4.69, 9.17) is 0 Å². The van der Waals surface area contributed by atoms with E-state index in [1.807, 2.05) is 44.2 Å². The van der Waals surface area contributed by atoms with Gasteiger partial charge in [-0.25, -0.2) is 9.78 Å². The predicted molar refractivity (Wildman–Crippen MR) is 91.2 cm³/mol. The van der Waals surface area contributed by atoms with Gasteiger partial charge in [-0.05, 0) is 18.4 Å². The van der Waals surface area contributed by atoms with Crippen molar-refractivity contribution >= 4 is 6.03 Å². The van der Waals surface area contributed by atoms with Crippen molar-refractivity contribution in [2.24, 2.45) is 5.92 Å². The van der Waals surface area contributed by atoms with Gasteiger partial charge in [0.1, 0.15) is 12.7 Å². The van der Waals surface area contributed by atoms with E-state index in [0.29, 0.717) is 6.54 Å². The Morgan fingerprint density at radius 2 is 2.04 bits per heavy atom. The van der Waals surface area contributed by atoms with Crippen molar-refractivity contribution in [2.45, 2.75) is 39.0 Å². The predicted octanol–water partition coefficient (Wildman–Crippen LogP) is 1.73. The first kappa shape index (κ1) is 17.9. The van der Waals surface area contributed by atoms with Crippen LogP contribution in [-0.4, -0.2) is 38.0 Å². The quantitative estimate of drug-likeness (QED) is 0.720. The van der Waals surface area contributed by atoms with Crippen LogP contribution in [0.1, 0.15) is 32.4 Å². The molecule has 0 spiro atoms. The first-order valence-corrected chi connectivity index (χ1v) is 8.02. The highest BCUT2D eigenvalue weighted by atomic mass is 16.3. The SMILES string of the molecule is CC(C)C(C)(O)CNC(=O)NC(Cn1cncn1)c1ccccc1. The van der Waals surface area contributed by atoms with Crippen molar-refractivity contribution in [3.05, 3.63) is 48.5 Å². The highest BCUT2D eigenvalue weighted by molar-refractivity contribution is 5.74. The molecule has 7 nitrogen and oxygen atoms in total. The van der Waals surface area contributed by atoms with E-state index < -0.39 is 5.60 Å². The molecule has 0 aliphatic heterocycles. The maximum Gasteiger partial charge on any atom is 0.315 e. The zero-order chi connectivity index (χ0) is 17.6. The largest absolute Gasteiger partial charge is 0.388 e. The van der Waals surface area contributed by atoms with Crippen LogP contribution in [0.25, 0.3) is 0 Å². The van der Waals surface area contributed by atoms with Crippen LogP contribution < -0.4 is 10.6 Å². The van der Waals surface area contributed by atoms with Crippen molar-refractivity contribution in [3.63, 3.8) is 0 Å². The van der Waals surface area contributed by atoms with Crippen LogP contribution >= 0.6 is 0 Å². The van der Waals surface area contributed by atoms with E-state index in [1.54, 1.807) is 17.9 Å². The van der Waals surface area contributed by atoms with Gasteiger partial charge in [0.2, 0.25) is 0 Å². The Morgan fingerprint density at radius 1 is 1.33 bits per heavy atom. The molecule has 2 unspecified atom stereocenters. The second-order valence-corrected chi connectivity index (χ2v) is 6.42. The highest BCUT2D eigenvalue weighted by Gasteiger charge is 2.26. The summed E-state index contributed by atoms with van der Waals surface area (Å²) in [5.74, 6) is 0.0397. The van der Waals surface area contributed by atoms with Crippen LogP contribution in [0.2, 0.25) is 0 Å². The third-order valence-electron chi connectivity index (χ3n) is 4.19. The van der Waals surface area contributed by atoms with E-state index in [-0.39, 0.29) is 24.5 Å². The van der Waals surface area contributed by atoms with Crippen LogP contribution in [0.3, 0.4) is 0 Å². The molecule has 130 valence electrons. The molecular formula is C17H25N5O2. The number of carbonyl (C=O) groups excluding carboxylic acids is 1. The molecule has 7 heteroatoms. The maximum atomic E-state index is 12.2. The fourth-order valence-electron chi connectivity index (χ4n) is 2.11. The molecule has 0 aliphatic rings. The van der Waals surface area contributed by atoms with Gasteiger partial charge >= 0.3 is 6.03 Å². The van der Waals surface area contributed by atoms with E-state index in [0.717, 1.165) is 5.56 Å². The molecule has 2 atom stereocenters. The summed E-state index contributed by atoms with van der Waals surface area (Å²) in [6.45, 7) is 6.19. The molecule has 0 saturated carbocycles. The molecule has 2 aromatic rings. The van der Waals surface area contributed by atoms with Gasteiger partial charge in [0.15, 0.2) is 0 Å². The summed E-state index contributed by atoms with van der Waals surface area (Å²) < 4.78 is 1.67. The van der Waals surface area contributed by atoms with Crippen molar-refractivity contribution in [2.75, 3.05) is 6.54 Å². The average molecular weight is 331 g/mol. The number of benzene rings is 1. The Bertz CT molecular complexity index is 626. The minimum Gasteiger partial charge on any atom is -0.388 e. The Labute approximate surface area is 142 Å². The fourth-order valence-corrected chi connectivity index (χ4v) is 2.11. The minimum atomic E-state index is -0.953. The summed E-state index contributed by atoms with van der Waals surface area (Å²) in [5, 5.41) is 20.0. The van der Waals surface area contributed by atoms with Gasteiger partial charge in [-0.3, -0.25) is 4.68 Å². The molecule has 0 fully saturated rings. The normalized spacial score (nSPS) is 14.9. The van der Waals surface area contributed by atoms with Crippen molar-refractivity contribution in [1.29, 1.82) is 0 Å². The number of nitrogens with zero attached hydrogens (tertiary/aromatic N) is 3. The molecule has 0 radical (unpaired) electrons. The average Bonchev–Trinajstić information content (AvgIpc) is 3.06. The topological polar surface area (TPSA) is 92.1 Å². The number of amides is 2. The third-order valence-corrected chi connectivity index (χ3v) is 4.19. The van der Waals surface area contributed by atoms with Crippen molar-refractivity contribution in [1.82, 2.24) is 25.4 Å². The lowest BCUT2D eigenvalue weighted by Gasteiger charge is -2.28. The summed E-state index contributed by atoms with van der Waals surface area (Å²) in [7, 11) is 0. The molecule has 0 bridgehead atoms. The molecule has 2 amide bonds. The van der Waals surface area contributed by atoms with Crippen LogP contribution in [-0.2, 0) is 6.54 Å². The molecule has 1 aromatic carbocycles. The molecule has 0 aliphatic carbocycles. The molecule has 1 heterocycles. The Hall–Kier alpha value is -2.41. The Morgan fingerprint density at radius 3 is 2.62 bits per heavy atom. The molecule has 1 aromatic heterocycles. The summed E-state index contributed by atoms with van der Waals surface area (Å²) >= 11 is 0. The lowest BCUT2D eigenvalue weighted by Crippen LogP contribution is -2.48. The van der Waals surface area contributed by atoms with Crippen molar-refractivity contribution < 1.29 is 9.90 Å². The van der Waals surface area contributed by atoms with Gasteiger partial charge in [-0.2, -0.15) is 5.10 Å². The zero-order valence-corrected chi connectivity index (χ0v) is 14.3. The zero-order valence-electron chi connectivity index (χ0n) is 14.3. The van der Waals surface area contributed by atoms with E-state index >= 15 is 0 Å². The first-order chi connectivity index (χ1) is 11.4. The second kappa shape index (κ2) is 7.92. The summed E-state index contributed by atoms with van der Waals surface area (Å²) in [5.41, 5.74) is 0.0182. The van der Waals surface area contributed by atoms with E-state index in [1.165, 1.54) is 6.33 Å². The molecule has 24 heavy (non-hydrogen) atoms. The summed E-state index contributed by atoms with van der Waals surface area (Å²) in [4.78, 5) is 16.2. The standard InChI is InChI=1S/C17H25N5O2/c1-13(2)17(3,24)10-19-16(23)21-15(9-22-12-18-11-20-22)14-7-5-4-6-8-14/h4-8,11-13,15,24H,9-10H2,1-3H3,(H2,19,21,23).